The summed E-state index contributed by atoms with van der Waals surface area (Å²) in [4.78, 5) is 15.0. The van der Waals surface area contributed by atoms with Crippen LogP contribution in [0.4, 0.5) is 0 Å². The van der Waals surface area contributed by atoms with E-state index in [1.165, 1.54) is 28.6 Å². The van der Waals surface area contributed by atoms with Gasteiger partial charge in [0.15, 0.2) is 9.84 Å². The molecule has 1 fully saturated rings. The van der Waals surface area contributed by atoms with Gasteiger partial charge in [0.05, 0.1) is 16.4 Å². The largest absolute Gasteiger partial charge is 0.493 e. The molecule has 1 heterocycles. The summed E-state index contributed by atoms with van der Waals surface area (Å²) in [5.41, 5.74) is 1.63. The van der Waals surface area contributed by atoms with Crippen molar-refractivity contribution in [1.29, 1.82) is 0 Å². The van der Waals surface area contributed by atoms with Crippen molar-refractivity contribution in [1.82, 2.24) is 9.21 Å². The molecule has 198 valence electrons. The van der Waals surface area contributed by atoms with E-state index in [4.69, 9.17) is 4.74 Å². The Balaban J connectivity index is 1.53. The maximum Gasteiger partial charge on any atom is 0.243 e. The smallest absolute Gasteiger partial charge is 0.243 e. The molecule has 0 aliphatic carbocycles. The van der Waals surface area contributed by atoms with Gasteiger partial charge in [-0.25, -0.2) is 16.8 Å². The van der Waals surface area contributed by atoms with Gasteiger partial charge in [0.1, 0.15) is 5.75 Å². The van der Waals surface area contributed by atoms with E-state index in [0.29, 0.717) is 26.1 Å². The molecule has 36 heavy (non-hydrogen) atoms. The molecule has 2 aromatic carbocycles. The van der Waals surface area contributed by atoms with Crippen LogP contribution >= 0.6 is 0 Å². The van der Waals surface area contributed by atoms with Crippen molar-refractivity contribution >= 4 is 25.8 Å². The third-order valence-electron chi connectivity index (χ3n) is 6.54. The highest BCUT2D eigenvalue weighted by Crippen LogP contribution is 2.28. The monoisotopic (exact) mass is 536 g/mol. The van der Waals surface area contributed by atoms with E-state index in [9.17, 15) is 21.6 Å². The first-order chi connectivity index (χ1) is 16.7. The summed E-state index contributed by atoms with van der Waals surface area (Å²) in [5.74, 6) is 0.867. The van der Waals surface area contributed by atoms with Crippen molar-refractivity contribution in [2.75, 3.05) is 39.0 Å². The molecule has 1 amide bonds. The van der Waals surface area contributed by atoms with Gasteiger partial charge in [0.2, 0.25) is 15.9 Å². The van der Waals surface area contributed by atoms with Gasteiger partial charge in [-0.3, -0.25) is 4.79 Å². The second-order valence-corrected chi connectivity index (χ2v) is 14.0. The molecule has 0 spiro atoms. The maximum absolute atomic E-state index is 13.2. The van der Waals surface area contributed by atoms with Crippen LogP contribution in [0, 0.1) is 19.3 Å². The number of sulfonamides is 1. The first-order valence-corrected chi connectivity index (χ1v) is 15.3. The lowest BCUT2D eigenvalue weighted by Gasteiger charge is -2.38. The predicted molar refractivity (Wildman–Crippen MR) is 139 cm³/mol. The summed E-state index contributed by atoms with van der Waals surface area (Å²) in [6, 6.07) is 11.3. The quantitative estimate of drug-likeness (QED) is 0.455. The Morgan fingerprint density at radius 1 is 0.917 bits per heavy atom. The van der Waals surface area contributed by atoms with E-state index in [1.807, 2.05) is 45.9 Å². The highest BCUT2D eigenvalue weighted by Gasteiger charge is 2.36. The van der Waals surface area contributed by atoms with Crippen LogP contribution in [0.2, 0.25) is 0 Å². The summed E-state index contributed by atoms with van der Waals surface area (Å²) < 4.78 is 56.6. The molecular formula is C26H36N2O6S2. The predicted octanol–water partition coefficient (Wildman–Crippen LogP) is 3.43. The molecule has 0 saturated carbocycles. The van der Waals surface area contributed by atoms with Crippen molar-refractivity contribution in [3.63, 3.8) is 0 Å². The fraction of sp³-hybridized carbons (Fsp3) is 0.500. The van der Waals surface area contributed by atoms with Crippen molar-refractivity contribution in [3.8, 4) is 5.75 Å². The first-order valence-electron chi connectivity index (χ1n) is 12.0. The van der Waals surface area contributed by atoms with Gasteiger partial charge in [-0.1, -0.05) is 26.0 Å². The van der Waals surface area contributed by atoms with Crippen LogP contribution in [0.3, 0.4) is 0 Å². The number of aryl methyl sites for hydroxylation is 2. The molecule has 2 aromatic rings. The zero-order valence-corrected chi connectivity index (χ0v) is 23.3. The SMILES string of the molecule is Cc1ccc(C)c(OCCCC(C)(C)C(=O)N2CCN(S(=O)(=O)c3ccc(S(C)(=O)=O)cc3)CC2)c1. The van der Waals surface area contributed by atoms with Crippen LogP contribution in [0.5, 0.6) is 5.75 Å². The van der Waals surface area contributed by atoms with Crippen LogP contribution in [0.15, 0.2) is 52.3 Å². The van der Waals surface area contributed by atoms with E-state index in [-0.39, 0.29) is 28.8 Å². The Kier molecular flexibility index (Phi) is 8.52. The zero-order chi connectivity index (χ0) is 26.7. The average Bonchev–Trinajstić information content (AvgIpc) is 2.83. The van der Waals surface area contributed by atoms with Gasteiger partial charge in [0, 0.05) is 37.8 Å². The van der Waals surface area contributed by atoms with Crippen LogP contribution in [0.1, 0.15) is 37.8 Å². The van der Waals surface area contributed by atoms with E-state index in [0.717, 1.165) is 29.6 Å². The van der Waals surface area contributed by atoms with Crippen molar-refractivity contribution < 1.29 is 26.4 Å². The summed E-state index contributed by atoms with van der Waals surface area (Å²) in [7, 11) is -7.18. The Morgan fingerprint density at radius 3 is 2.08 bits per heavy atom. The lowest BCUT2D eigenvalue weighted by Crippen LogP contribution is -2.53. The minimum atomic E-state index is -3.78. The number of ether oxygens (including phenoxy) is 1. The first kappa shape index (κ1) is 28.1. The molecule has 10 heteroatoms. The van der Waals surface area contributed by atoms with Gasteiger partial charge in [0.25, 0.3) is 0 Å². The molecule has 0 atom stereocenters. The summed E-state index contributed by atoms with van der Waals surface area (Å²) in [6.45, 7) is 9.37. The topological polar surface area (TPSA) is 101 Å². The Morgan fingerprint density at radius 2 is 1.50 bits per heavy atom. The normalized spacial score (nSPS) is 15.6. The number of benzene rings is 2. The Bertz CT molecular complexity index is 1290. The highest BCUT2D eigenvalue weighted by atomic mass is 32.2. The number of piperazine rings is 1. The molecule has 1 aliphatic rings. The number of nitrogens with zero attached hydrogens (tertiary/aromatic N) is 2. The number of rotatable bonds is 9. The van der Waals surface area contributed by atoms with E-state index in [1.54, 1.807) is 4.90 Å². The molecule has 0 radical (unpaired) electrons. The number of carbonyl (C=O) groups is 1. The lowest BCUT2D eigenvalue weighted by atomic mass is 9.86. The number of carbonyl (C=O) groups excluding carboxylic acids is 1. The maximum atomic E-state index is 13.2. The fourth-order valence-electron chi connectivity index (χ4n) is 4.23. The molecule has 0 unspecified atom stereocenters. The molecular weight excluding hydrogens is 500 g/mol. The molecule has 0 bridgehead atoms. The minimum Gasteiger partial charge on any atom is -0.493 e. The standard InChI is InChI=1S/C26H36N2O6S2/c1-20-7-8-21(2)24(19-20)34-18-6-13-26(3,4)25(29)27-14-16-28(17-15-27)36(32,33)23-11-9-22(10-12-23)35(5,30)31/h7-12,19H,6,13-18H2,1-5H3. The van der Waals surface area contributed by atoms with Crippen LogP contribution in [-0.2, 0) is 24.7 Å². The fourth-order valence-corrected chi connectivity index (χ4v) is 6.29. The molecule has 1 aliphatic heterocycles. The molecule has 1 saturated heterocycles. The van der Waals surface area contributed by atoms with Crippen LogP contribution < -0.4 is 4.74 Å². The van der Waals surface area contributed by atoms with Crippen LogP contribution in [-0.4, -0.2) is 71.0 Å². The molecule has 0 N–H and O–H groups in total. The third-order valence-corrected chi connectivity index (χ3v) is 9.58. The summed E-state index contributed by atoms with van der Waals surface area (Å²) in [6.07, 6.45) is 2.46. The van der Waals surface area contributed by atoms with Crippen molar-refractivity contribution in [2.45, 2.75) is 50.3 Å². The number of hydrogen-bond acceptors (Lipinski definition) is 6. The van der Waals surface area contributed by atoms with Gasteiger partial charge >= 0.3 is 0 Å². The van der Waals surface area contributed by atoms with Gasteiger partial charge < -0.3 is 9.64 Å². The van der Waals surface area contributed by atoms with E-state index >= 15 is 0 Å². The second-order valence-electron chi connectivity index (χ2n) is 10.0. The highest BCUT2D eigenvalue weighted by molar-refractivity contribution is 7.90. The average molecular weight is 537 g/mol. The van der Waals surface area contributed by atoms with Crippen molar-refractivity contribution in [2.24, 2.45) is 5.41 Å². The summed E-state index contributed by atoms with van der Waals surface area (Å²) in [5, 5.41) is 0. The minimum absolute atomic E-state index is 0.00351. The van der Waals surface area contributed by atoms with E-state index in [2.05, 4.69) is 0 Å². The number of sulfone groups is 1. The van der Waals surface area contributed by atoms with Gasteiger partial charge in [-0.15, -0.1) is 0 Å². The van der Waals surface area contributed by atoms with Gasteiger partial charge in [-0.2, -0.15) is 4.31 Å². The van der Waals surface area contributed by atoms with E-state index < -0.39 is 25.3 Å². The number of amides is 1. The molecule has 0 aromatic heterocycles. The molecule has 3 rings (SSSR count). The lowest BCUT2D eigenvalue weighted by molar-refractivity contribution is -0.142. The molecule has 8 nitrogen and oxygen atoms in total. The van der Waals surface area contributed by atoms with Gasteiger partial charge in [-0.05, 0) is 68.1 Å². The number of hydrogen-bond donors (Lipinski definition) is 0. The second kappa shape index (κ2) is 10.9. The third kappa shape index (κ3) is 6.66. The van der Waals surface area contributed by atoms with Crippen LogP contribution in [0.25, 0.3) is 0 Å². The Labute approximate surface area is 215 Å². The Hall–Kier alpha value is -2.43. The summed E-state index contributed by atoms with van der Waals surface area (Å²) >= 11 is 0. The zero-order valence-electron chi connectivity index (χ0n) is 21.7. The van der Waals surface area contributed by atoms with Crippen molar-refractivity contribution in [3.05, 3.63) is 53.6 Å².